The molecule has 1 atom stereocenters. The molecular formula is C17H23N3O. The third-order valence-corrected chi connectivity index (χ3v) is 4.19. The van der Waals surface area contributed by atoms with Crippen molar-refractivity contribution >= 4 is 5.91 Å². The molecule has 1 fully saturated rings. The van der Waals surface area contributed by atoms with Crippen molar-refractivity contribution in [3.05, 3.63) is 34.9 Å². The summed E-state index contributed by atoms with van der Waals surface area (Å²) in [5.41, 5.74) is 3.00. The summed E-state index contributed by atoms with van der Waals surface area (Å²) < 4.78 is 0. The van der Waals surface area contributed by atoms with E-state index in [-0.39, 0.29) is 11.9 Å². The van der Waals surface area contributed by atoms with Gasteiger partial charge in [0.05, 0.1) is 12.1 Å². The van der Waals surface area contributed by atoms with Crippen LogP contribution in [0.15, 0.2) is 18.2 Å². The summed E-state index contributed by atoms with van der Waals surface area (Å²) in [6, 6.07) is 8.26. The largest absolute Gasteiger partial charge is 0.336 e. The zero-order chi connectivity index (χ0) is 15.4. The lowest BCUT2D eigenvalue weighted by Crippen LogP contribution is -2.51. The van der Waals surface area contributed by atoms with Gasteiger partial charge in [-0.15, -0.1) is 0 Å². The highest BCUT2D eigenvalue weighted by Gasteiger charge is 2.26. The topological polar surface area (TPSA) is 47.3 Å². The number of benzene rings is 1. The molecule has 1 aromatic rings. The molecule has 1 saturated heterocycles. The number of nitrogens with zero attached hydrogens (tertiary/aromatic N) is 3. The van der Waals surface area contributed by atoms with E-state index in [1.807, 2.05) is 43.9 Å². The van der Waals surface area contributed by atoms with Crippen LogP contribution in [0.2, 0.25) is 0 Å². The van der Waals surface area contributed by atoms with Crippen LogP contribution in [-0.4, -0.2) is 47.9 Å². The maximum absolute atomic E-state index is 12.6. The van der Waals surface area contributed by atoms with E-state index in [4.69, 9.17) is 5.26 Å². The normalized spacial score (nSPS) is 17.3. The molecule has 0 spiro atoms. The van der Waals surface area contributed by atoms with Gasteiger partial charge in [0.2, 0.25) is 0 Å². The Kier molecular flexibility index (Phi) is 4.98. The summed E-state index contributed by atoms with van der Waals surface area (Å²) in [7, 11) is 0. The molecule has 0 aliphatic carbocycles. The zero-order valence-electron chi connectivity index (χ0n) is 13.1. The fourth-order valence-corrected chi connectivity index (χ4v) is 2.89. The summed E-state index contributed by atoms with van der Waals surface area (Å²) in [5, 5.41) is 9.12. The highest BCUT2D eigenvalue weighted by atomic mass is 16.2. The van der Waals surface area contributed by atoms with Gasteiger partial charge in [-0.05, 0) is 31.9 Å². The van der Waals surface area contributed by atoms with Gasteiger partial charge in [-0.1, -0.05) is 24.6 Å². The van der Waals surface area contributed by atoms with Crippen molar-refractivity contribution in [3.8, 4) is 6.07 Å². The Balaban J connectivity index is 2.02. The van der Waals surface area contributed by atoms with Crippen molar-refractivity contribution in [2.24, 2.45) is 0 Å². The minimum atomic E-state index is -0.0247. The molecule has 112 valence electrons. The Morgan fingerprint density at radius 3 is 2.48 bits per heavy atom. The van der Waals surface area contributed by atoms with Gasteiger partial charge in [0.25, 0.3) is 5.91 Å². The van der Waals surface area contributed by atoms with Gasteiger partial charge >= 0.3 is 0 Å². The molecule has 0 N–H and O–H groups in total. The molecule has 1 amide bonds. The molecule has 1 aromatic carbocycles. The van der Waals surface area contributed by atoms with Crippen LogP contribution in [0.25, 0.3) is 0 Å². The number of amides is 1. The van der Waals surface area contributed by atoms with Gasteiger partial charge in [-0.3, -0.25) is 9.69 Å². The van der Waals surface area contributed by atoms with E-state index in [2.05, 4.69) is 11.0 Å². The number of carbonyl (C=O) groups is 1. The Bertz CT molecular complexity index is 554. The van der Waals surface area contributed by atoms with Crippen LogP contribution < -0.4 is 0 Å². The lowest BCUT2D eigenvalue weighted by molar-refractivity contribution is 0.0604. The Labute approximate surface area is 127 Å². The number of rotatable bonds is 3. The second-order valence-electron chi connectivity index (χ2n) is 5.70. The van der Waals surface area contributed by atoms with Gasteiger partial charge in [0.15, 0.2) is 0 Å². The number of carbonyl (C=O) groups excluding carboxylic acids is 1. The van der Waals surface area contributed by atoms with Crippen molar-refractivity contribution in [2.45, 2.75) is 33.2 Å². The van der Waals surface area contributed by atoms with E-state index in [0.29, 0.717) is 13.1 Å². The summed E-state index contributed by atoms with van der Waals surface area (Å²) in [6.45, 7) is 9.01. The van der Waals surface area contributed by atoms with E-state index < -0.39 is 0 Å². The van der Waals surface area contributed by atoms with E-state index in [1.54, 1.807) is 0 Å². The smallest absolute Gasteiger partial charge is 0.254 e. The average molecular weight is 285 g/mol. The number of nitriles is 1. The molecule has 4 nitrogen and oxygen atoms in total. The highest BCUT2D eigenvalue weighted by Crippen LogP contribution is 2.16. The molecule has 1 unspecified atom stereocenters. The third kappa shape index (κ3) is 3.43. The summed E-state index contributed by atoms with van der Waals surface area (Å²) in [5.74, 6) is 0.108. The molecule has 4 heteroatoms. The first-order valence-corrected chi connectivity index (χ1v) is 7.57. The maximum atomic E-state index is 12.6. The third-order valence-electron chi connectivity index (χ3n) is 4.19. The molecule has 0 bridgehead atoms. The van der Waals surface area contributed by atoms with Gasteiger partial charge in [0, 0.05) is 31.7 Å². The first-order chi connectivity index (χ1) is 10.1. The van der Waals surface area contributed by atoms with Crippen LogP contribution >= 0.6 is 0 Å². The van der Waals surface area contributed by atoms with E-state index in [1.165, 1.54) is 5.56 Å². The average Bonchev–Trinajstić information content (AvgIpc) is 2.48. The monoisotopic (exact) mass is 285 g/mol. The van der Waals surface area contributed by atoms with Crippen molar-refractivity contribution in [1.82, 2.24) is 9.80 Å². The molecule has 21 heavy (non-hydrogen) atoms. The molecule has 0 aromatic heterocycles. The molecule has 1 heterocycles. The van der Waals surface area contributed by atoms with Crippen LogP contribution in [0.5, 0.6) is 0 Å². The first-order valence-electron chi connectivity index (χ1n) is 7.57. The zero-order valence-corrected chi connectivity index (χ0v) is 13.1. The first kappa shape index (κ1) is 15.5. The lowest BCUT2D eigenvalue weighted by atomic mass is 10.0. The van der Waals surface area contributed by atoms with Gasteiger partial charge in [-0.25, -0.2) is 0 Å². The summed E-state index contributed by atoms with van der Waals surface area (Å²) in [6.07, 6.45) is 0.835. The van der Waals surface area contributed by atoms with Crippen molar-refractivity contribution in [3.63, 3.8) is 0 Å². The standard InChI is InChI=1S/C17H23N3O/c1-4-15(12-18)19-7-9-20(10-8-19)17(21)16-6-5-13(2)11-14(16)3/h5-6,11,15H,4,7-10H2,1-3H3. The fourth-order valence-electron chi connectivity index (χ4n) is 2.89. The number of aryl methyl sites for hydroxylation is 2. The fraction of sp³-hybridized carbons (Fsp3) is 0.529. The molecule has 0 radical (unpaired) electrons. The quantitative estimate of drug-likeness (QED) is 0.856. The molecule has 0 saturated carbocycles. The lowest BCUT2D eigenvalue weighted by Gasteiger charge is -2.36. The number of hydrogen-bond acceptors (Lipinski definition) is 3. The van der Waals surface area contributed by atoms with Crippen LogP contribution in [0.3, 0.4) is 0 Å². The van der Waals surface area contributed by atoms with Crippen LogP contribution in [0.1, 0.15) is 34.8 Å². The number of hydrogen-bond donors (Lipinski definition) is 0. The Morgan fingerprint density at radius 1 is 1.29 bits per heavy atom. The second kappa shape index (κ2) is 6.73. The van der Waals surface area contributed by atoms with Gasteiger partial charge in [0.1, 0.15) is 0 Å². The number of piperazine rings is 1. The summed E-state index contributed by atoms with van der Waals surface area (Å²) in [4.78, 5) is 16.7. The van der Waals surface area contributed by atoms with E-state index in [9.17, 15) is 4.79 Å². The van der Waals surface area contributed by atoms with Gasteiger partial charge < -0.3 is 4.90 Å². The molecule has 1 aliphatic rings. The SMILES string of the molecule is CCC(C#N)N1CCN(C(=O)c2ccc(C)cc2C)CC1. The van der Waals surface area contributed by atoms with Crippen LogP contribution in [0.4, 0.5) is 0 Å². The molecular weight excluding hydrogens is 262 g/mol. The predicted octanol–water partition coefficient (Wildman–Crippen LogP) is 2.36. The second-order valence-corrected chi connectivity index (χ2v) is 5.70. The maximum Gasteiger partial charge on any atom is 0.254 e. The van der Waals surface area contributed by atoms with Crippen LogP contribution in [0, 0.1) is 25.2 Å². The highest BCUT2D eigenvalue weighted by molar-refractivity contribution is 5.95. The minimum Gasteiger partial charge on any atom is -0.336 e. The van der Waals surface area contributed by atoms with Crippen LogP contribution in [-0.2, 0) is 0 Å². The van der Waals surface area contributed by atoms with Crippen molar-refractivity contribution in [2.75, 3.05) is 26.2 Å². The molecule has 1 aliphatic heterocycles. The van der Waals surface area contributed by atoms with Gasteiger partial charge in [-0.2, -0.15) is 5.26 Å². The van der Waals surface area contributed by atoms with E-state index >= 15 is 0 Å². The minimum absolute atomic E-state index is 0.0247. The summed E-state index contributed by atoms with van der Waals surface area (Å²) >= 11 is 0. The van der Waals surface area contributed by atoms with Crippen molar-refractivity contribution < 1.29 is 4.79 Å². The molecule has 2 rings (SSSR count). The Morgan fingerprint density at radius 2 is 1.95 bits per heavy atom. The predicted molar refractivity (Wildman–Crippen MR) is 83.1 cm³/mol. The van der Waals surface area contributed by atoms with Crippen molar-refractivity contribution in [1.29, 1.82) is 5.26 Å². The van der Waals surface area contributed by atoms with E-state index in [0.717, 1.165) is 30.6 Å². The Hall–Kier alpha value is -1.86.